The van der Waals surface area contributed by atoms with Crippen LogP contribution >= 0.6 is 0 Å². The summed E-state index contributed by atoms with van der Waals surface area (Å²) in [7, 11) is 0. The first kappa shape index (κ1) is 9.85. The zero-order chi connectivity index (χ0) is 10.8. The van der Waals surface area contributed by atoms with E-state index in [4.69, 9.17) is 5.73 Å². The average Bonchev–Trinajstić information content (AvgIpc) is 2.56. The zero-order valence-electron chi connectivity index (χ0n) is 8.31. The van der Waals surface area contributed by atoms with Crippen molar-refractivity contribution in [3.8, 4) is 0 Å². The predicted octanol–water partition coefficient (Wildman–Crippen LogP) is 0.627. The second-order valence-corrected chi connectivity index (χ2v) is 3.44. The first-order valence-electron chi connectivity index (χ1n) is 4.66. The lowest BCUT2D eigenvalue weighted by Crippen LogP contribution is -2.25. The number of nitrogens with one attached hydrogen (secondary N) is 1. The third-order valence-electron chi connectivity index (χ3n) is 1.88. The van der Waals surface area contributed by atoms with Crippen molar-refractivity contribution in [1.82, 2.24) is 14.6 Å². The maximum absolute atomic E-state index is 12.8. The average molecular weight is 209 g/mol. The minimum absolute atomic E-state index is 0.0216. The minimum Gasteiger partial charge on any atom is -0.351 e. The summed E-state index contributed by atoms with van der Waals surface area (Å²) in [5.74, 6) is 0.115. The summed E-state index contributed by atoms with van der Waals surface area (Å²) in [6.07, 6.45) is 1.28. The summed E-state index contributed by atoms with van der Waals surface area (Å²) >= 11 is 0. The van der Waals surface area contributed by atoms with Gasteiger partial charge in [0.2, 0.25) is 5.95 Å². The van der Waals surface area contributed by atoms with Crippen LogP contribution in [0.2, 0.25) is 0 Å². The Morgan fingerprint density at radius 1 is 1.60 bits per heavy atom. The van der Waals surface area contributed by atoms with Gasteiger partial charge >= 0.3 is 0 Å². The van der Waals surface area contributed by atoms with Gasteiger partial charge < -0.3 is 11.1 Å². The largest absolute Gasteiger partial charge is 0.351 e. The molecule has 0 aliphatic carbocycles. The van der Waals surface area contributed by atoms with Crippen LogP contribution in [0.3, 0.4) is 0 Å². The van der Waals surface area contributed by atoms with Gasteiger partial charge in [0.15, 0.2) is 5.65 Å². The molecule has 0 aliphatic rings. The monoisotopic (exact) mass is 209 g/mol. The number of hydrogen-bond acceptors (Lipinski definition) is 4. The molecule has 2 aromatic heterocycles. The van der Waals surface area contributed by atoms with E-state index in [0.29, 0.717) is 18.1 Å². The van der Waals surface area contributed by atoms with Crippen molar-refractivity contribution in [3.05, 3.63) is 24.1 Å². The van der Waals surface area contributed by atoms with E-state index in [9.17, 15) is 4.39 Å². The van der Waals surface area contributed by atoms with Crippen molar-refractivity contribution in [2.24, 2.45) is 5.73 Å². The van der Waals surface area contributed by atoms with Gasteiger partial charge in [-0.3, -0.25) is 0 Å². The summed E-state index contributed by atoms with van der Waals surface area (Å²) in [6, 6.07) is 2.94. The van der Waals surface area contributed by atoms with Crippen LogP contribution in [0.1, 0.15) is 6.92 Å². The highest BCUT2D eigenvalue weighted by molar-refractivity contribution is 5.43. The van der Waals surface area contributed by atoms with E-state index in [1.165, 1.54) is 16.8 Å². The van der Waals surface area contributed by atoms with Crippen molar-refractivity contribution < 1.29 is 4.39 Å². The molecule has 1 unspecified atom stereocenters. The Hall–Kier alpha value is -1.69. The molecule has 0 radical (unpaired) electrons. The van der Waals surface area contributed by atoms with Crippen LogP contribution in [0.5, 0.6) is 0 Å². The van der Waals surface area contributed by atoms with Gasteiger partial charge in [0.25, 0.3) is 0 Å². The Kier molecular flexibility index (Phi) is 2.51. The molecule has 5 nitrogen and oxygen atoms in total. The van der Waals surface area contributed by atoms with Crippen molar-refractivity contribution in [1.29, 1.82) is 0 Å². The lowest BCUT2D eigenvalue weighted by molar-refractivity contribution is 0.614. The van der Waals surface area contributed by atoms with Crippen molar-refractivity contribution >= 4 is 11.6 Å². The molecule has 0 bridgehead atoms. The van der Waals surface area contributed by atoms with Crippen LogP contribution in [0.25, 0.3) is 5.65 Å². The Morgan fingerprint density at radius 2 is 2.40 bits per heavy atom. The normalized spacial score (nSPS) is 13.0. The van der Waals surface area contributed by atoms with E-state index < -0.39 is 0 Å². The van der Waals surface area contributed by atoms with Crippen LogP contribution < -0.4 is 11.1 Å². The summed E-state index contributed by atoms with van der Waals surface area (Å²) in [5, 5.41) is 7.01. The fourth-order valence-electron chi connectivity index (χ4n) is 1.19. The summed E-state index contributed by atoms with van der Waals surface area (Å²) in [5.41, 5.74) is 6.17. The Bertz CT molecular complexity index is 464. The first-order chi connectivity index (χ1) is 7.15. The molecule has 6 heteroatoms. The molecule has 0 spiro atoms. The van der Waals surface area contributed by atoms with E-state index in [1.807, 2.05) is 6.92 Å². The second-order valence-electron chi connectivity index (χ2n) is 3.44. The maximum atomic E-state index is 12.8. The molecular formula is C9H12FN5. The Balaban J connectivity index is 2.23. The van der Waals surface area contributed by atoms with Crippen LogP contribution in [0.4, 0.5) is 10.3 Å². The highest BCUT2D eigenvalue weighted by atomic mass is 19.1. The molecule has 0 aliphatic heterocycles. The van der Waals surface area contributed by atoms with Gasteiger partial charge in [-0.2, -0.15) is 4.98 Å². The molecular weight excluding hydrogens is 197 g/mol. The van der Waals surface area contributed by atoms with Gasteiger partial charge in [-0.15, -0.1) is 5.10 Å². The molecule has 1 atom stereocenters. The molecule has 3 N–H and O–H groups in total. The Labute approximate surface area is 86.1 Å². The second kappa shape index (κ2) is 3.82. The van der Waals surface area contributed by atoms with Gasteiger partial charge in [0, 0.05) is 12.6 Å². The molecule has 0 aromatic carbocycles. The molecule has 0 fully saturated rings. The van der Waals surface area contributed by atoms with Gasteiger partial charge in [-0.05, 0) is 19.1 Å². The van der Waals surface area contributed by atoms with Crippen molar-refractivity contribution in [2.75, 3.05) is 11.9 Å². The van der Waals surface area contributed by atoms with Crippen molar-refractivity contribution in [3.63, 3.8) is 0 Å². The quantitative estimate of drug-likeness (QED) is 0.777. The number of nitrogens with zero attached hydrogens (tertiary/aromatic N) is 3. The fraction of sp³-hybridized carbons (Fsp3) is 0.333. The van der Waals surface area contributed by atoms with E-state index in [-0.39, 0.29) is 11.9 Å². The van der Waals surface area contributed by atoms with E-state index >= 15 is 0 Å². The van der Waals surface area contributed by atoms with Crippen LogP contribution in [0, 0.1) is 5.82 Å². The van der Waals surface area contributed by atoms with Crippen LogP contribution in [-0.4, -0.2) is 27.2 Å². The standard InChI is InChI=1S/C9H12FN5/c1-6(11)4-12-9-13-8-3-2-7(10)5-15(8)14-9/h2-3,5-6H,4,11H2,1H3,(H,12,14). The molecule has 0 saturated heterocycles. The molecule has 15 heavy (non-hydrogen) atoms. The zero-order valence-corrected chi connectivity index (χ0v) is 8.31. The van der Waals surface area contributed by atoms with E-state index in [0.717, 1.165) is 0 Å². The van der Waals surface area contributed by atoms with E-state index in [2.05, 4.69) is 15.4 Å². The van der Waals surface area contributed by atoms with E-state index in [1.54, 1.807) is 6.07 Å². The highest BCUT2D eigenvalue weighted by Gasteiger charge is 2.03. The lowest BCUT2D eigenvalue weighted by atomic mass is 10.4. The third-order valence-corrected chi connectivity index (χ3v) is 1.88. The summed E-state index contributed by atoms with van der Waals surface area (Å²) < 4.78 is 14.2. The smallest absolute Gasteiger partial charge is 0.243 e. The molecule has 80 valence electrons. The molecule has 0 amide bonds. The number of aromatic nitrogens is 3. The number of halogens is 1. The Morgan fingerprint density at radius 3 is 3.13 bits per heavy atom. The topological polar surface area (TPSA) is 68.2 Å². The maximum Gasteiger partial charge on any atom is 0.243 e. The number of nitrogens with two attached hydrogens (primary N) is 1. The number of fused-ring (bicyclic) bond motifs is 1. The third kappa shape index (κ3) is 2.21. The number of rotatable bonds is 3. The van der Waals surface area contributed by atoms with Crippen molar-refractivity contribution in [2.45, 2.75) is 13.0 Å². The van der Waals surface area contributed by atoms with Gasteiger partial charge in [-0.1, -0.05) is 0 Å². The number of hydrogen-bond donors (Lipinski definition) is 2. The number of anilines is 1. The summed E-state index contributed by atoms with van der Waals surface area (Å²) in [4.78, 5) is 4.14. The van der Waals surface area contributed by atoms with Crippen LogP contribution in [0.15, 0.2) is 18.3 Å². The summed E-state index contributed by atoms with van der Waals surface area (Å²) in [6.45, 7) is 2.46. The predicted molar refractivity (Wildman–Crippen MR) is 55.1 cm³/mol. The van der Waals surface area contributed by atoms with Gasteiger partial charge in [0.1, 0.15) is 5.82 Å². The fourth-order valence-corrected chi connectivity index (χ4v) is 1.19. The molecule has 2 heterocycles. The SMILES string of the molecule is CC(N)CNc1nc2ccc(F)cn2n1. The number of pyridine rings is 1. The molecule has 2 rings (SSSR count). The minimum atomic E-state index is -0.342. The molecule has 2 aromatic rings. The lowest BCUT2D eigenvalue weighted by Gasteiger charge is -2.03. The van der Waals surface area contributed by atoms with Gasteiger partial charge in [-0.25, -0.2) is 8.91 Å². The first-order valence-corrected chi connectivity index (χ1v) is 4.66. The van der Waals surface area contributed by atoms with Gasteiger partial charge in [0.05, 0.1) is 6.20 Å². The molecule has 0 saturated carbocycles. The highest BCUT2D eigenvalue weighted by Crippen LogP contribution is 2.06. The van der Waals surface area contributed by atoms with Crippen LogP contribution in [-0.2, 0) is 0 Å².